The van der Waals surface area contributed by atoms with E-state index in [2.05, 4.69) is 0 Å². The minimum absolute atomic E-state index is 0.293. The van der Waals surface area contributed by atoms with E-state index in [9.17, 15) is 4.39 Å². The van der Waals surface area contributed by atoms with Crippen molar-refractivity contribution >= 4 is 12.6 Å². The lowest BCUT2D eigenvalue weighted by Gasteiger charge is -2.11. The molecular weight excluding hydrogens is 274 g/mol. The summed E-state index contributed by atoms with van der Waals surface area (Å²) in [6, 6.07) is 10.9. The highest BCUT2D eigenvalue weighted by Crippen LogP contribution is 2.18. The molecule has 0 heterocycles. The molecule has 2 aromatic carbocycles. The summed E-state index contributed by atoms with van der Waals surface area (Å²) in [6.07, 6.45) is 0. The zero-order valence-corrected chi connectivity index (χ0v) is 11.6. The van der Waals surface area contributed by atoms with Crippen LogP contribution in [0.5, 0.6) is 11.5 Å². The lowest BCUT2D eigenvalue weighted by Crippen LogP contribution is -2.29. The Morgan fingerprint density at radius 3 is 2.52 bits per heavy atom. The van der Waals surface area contributed by atoms with Crippen LogP contribution >= 0.6 is 0 Å². The van der Waals surface area contributed by atoms with Gasteiger partial charge in [-0.2, -0.15) is 0 Å². The van der Waals surface area contributed by atoms with E-state index in [-0.39, 0.29) is 5.82 Å². The van der Waals surface area contributed by atoms with Crippen LogP contribution in [0.15, 0.2) is 42.5 Å². The van der Waals surface area contributed by atoms with Gasteiger partial charge < -0.3 is 19.5 Å². The van der Waals surface area contributed by atoms with Gasteiger partial charge in [0.1, 0.15) is 30.5 Å². The minimum atomic E-state index is -1.52. The van der Waals surface area contributed by atoms with Gasteiger partial charge in [-0.3, -0.25) is 0 Å². The van der Waals surface area contributed by atoms with Gasteiger partial charge in [-0.05, 0) is 48.3 Å². The summed E-state index contributed by atoms with van der Waals surface area (Å²) < 4.78 is 23.9. The van der Waals surface area contributed by atoms with Gasteiger partial charge in [0.05, 0.1) is 0 Å². The molecule has 0 aliphatic heterocycles. The Hall–Kier alpha value is -2.05. The third-order valence-electron chi connectivity index (χ3n) is 2.90. The van der Waals surface area contributed by atoms with Gasteiger partial charge >= 0.3 is 7.12 Å². The first kappa shape index (κ1) is 15.3. The second-order valence-electron chi connectivity index (χ2n) is 4.55. The standard InChI is InChI=1S/C15H16BFO4/c1-11-9-13(17)5-6-15(11)21-8-7-20-14-4-2-3-12(10-14)16(18)19/h2-6,9-10,18-19H,7-8H2,1H3. The minimum Gasteiger partial charge on any atom is -0.490 e. The van der Waals surface area contributed by atoms with Gasteiger partial charge in [0.15, 0.2) is 0 Å². The summed E-state index contributed by atoms with van der Waals surface area (Å²) in [5, 5.41) is 18.1. The summed E-state index contributed by atoms with van der Waals surface area (Å²) in [5.41, 5.74) is 1.09. The van der Waals surface area contributed by atoms with Crippen molar-refractivity contribution in [2.24, 2.45) is 0 Å². The maximum Gasteiger partial charge on any atom is 0.488 e. The van der Waals surface area contributed by atoms with Crippen LogP contribution < -0.4 is 14.9 Å². The lowest BCUT2D eigenvalue weighted by molar-refractivity contribution is 0.216. The number of ether oxygens (including phenoxy) is 2. The first-order valence-corrected chi connectivity index (χ1v) is 6.54. The Bertz CT molecular complexity index is 604. The number of hydrogen-bond acceptors (Lipinski definition) is 4. The molecule has 0 bridgehead atoms. The molecule has 0 saturated heterocycles. The molecule has 2 rings (SSSR count). The summed E-state index contributed by atoms with van der Waals surface area (Å²) >= 11 is 0. The van der Waals surface area contributed by atoms with Crippen molar-refractivity contribution in [2.75, 3.05) is 13.2 Å². The highest BCUT2D eigenvalue weighted by molar-refractivity contribution is 6.58. The van der Waals surface area contributed by atoms with E-state index in [1.807, 2.05) is 0 Å². The fraction of sp³-hybridized carbons (Fsp3) is 0.200. The molecule has 21 heavy (non-hydrogen) atoms. The summed E-state index contributed by atoms with van der Waals surface area (Å²) in [5.74, 6) is 0.843. The molecule has 4 nitrogen and oxygen atoms in total. The molecule has 2 N–H and O–H groups in total. The van der Waals surface area contributed by atoms with Crippen LogP contribution in [0.3, 0.4) is 0 Å². The topological polar surface area (TPSA) is 58.9 Å². The summed E-state index contributed by atoms with van der Waals surface area (Å²) in [6.45, 7) is 2.37. The monoisotopic (exact) mass is 290 g/mol. The largest absolute Gasteiger partial charge is 0.490 e. The van der Waals surface area contributed by atoms with E-state index in [0.29, 0.717) is 30.2 Å². The molecule has 6 heteroatoms. The number of aryl methyl sites for hydroxylation is 1. The van der Waals surface area contributed by atoms with Gasteiger partial charge in [0, 0.05) is 0 Å². The van der Waals surface area contributed by atoms with E-state index in [0.717, 1.165) is 5.56 Å². The maximum absolute atomic E-state index is 12.9. The molecule has 0 saturated carbocycles. The van der Waals surface area contributed by atoms with Crippen LogP contribution in [0.25, 0.3) is 0 Å². The van der Waals surface area contributed by atoms with Gasteiger partial charge in [-0.25, -0.2) is 4.39 Å². The molecule has 0 aromatic heterocycles. The Labute approximate surface area is 122 Å². The van der Waals surface area contributed by atoms with Gasteiger partial charge in [0.25, 0.3) is 0 Å². The molecule has 110 valence electrons. The first-order chi connectivity index (χ1) is 10.1. The highest BCUT2D eigenvalue weighted by Gasteiger charge is 2.11. The second-order valence-corrected chi connectivity index (χ2v) is 4.55. The molecule has 0 fully saturated rings. The Balaban J connectivity index is 1.83. The second kappa shape index (κ2) is 7.10. The Kier molecular flexibility index (Phi) is 5.19. The highest BCUT2D eigenvalue weighted by atomic mass is 19.1. The fourth-order valence-corrected chi connectivity index (χ4v) is 1.85. The number of benzene rings is 2. The average molecular weight is 290 g/mol. The zero-order valence-electron chi connectivity index (χ0n) is 11.6. The molecule has 0 atom stereocenters. The Morgan fingerprint density at radius 2 is 1.81 bits per heavy atom. The average Bonchev–Trinajstić information content (AvgIpc) is 2.45. The van der Waals surface area contributed by atoms with E-state index >= 15 is 0 Å². The number of hydrogen-bond donors (Lipinski definition) is 2. The SMILES string of the molecule is Cc1cc(F)ccc1OCCOc1cccc(B(O)O)c1. The van der Waals surface area contributed by atoms with Crippen molar-refractivity contribution in [3.05, 3.63) is 53.8 Å². The van der Waals surface area contributed by atoms with E-state index in [4.69, 9.17) is 19.5 Å². The zero-order chi connectivity index (χ0) is 15.2. The molecule has 0 amide bonds. The molecule has 0 radical (unpaired) electrons. The van der Waals surface area contributed by atoms with Crippen LogP contribution in [-0.4, -0.2) is 30.4 Å². The quantitative estimate of drug-likeness (QED) is 0.621. The smallest absolute Gasteiger partial charge is 0.488 e. The van der Waals surface area contributed by atoms with E-state index in [1.54, 1.807) is 37.3 Å². The fourth-order valence-electron chi connectivity index (χ4n) is 1.85. The van der Waals surface area contributed by atoms with Crippen molar-refractivity contribution in [3.63, 3.8) is 0 Å². The van der Waals surface area contributed by atoms with Crippen LogP contribution in [0.2, 0.25) is 0 Å². The normalized spacial score (nSPS) is 10.3. The van der Waals surface area contributed by atoms with Crippen molar-refractivity contribution < 1.29 is 23.9 Å². The maximum atomic E-state index is 12.9. The molecule has 0 aliphatic carbocycles. The predicted octanol–water partition coefficient (Wildman–Crippen LogP) is 1.27. The van der Waals surface area contributed by atoms with Gasteiger partial charge in [-0.1, -0.05) is 12.1 Å². The summed E-state index contributed by atoms with van der Waals surface area (Å²) in [4.78, 5) is 0. The van der Waals surface area contributed by atoms with Crippen molar-refractivity contribution in [3.8, 4) is 11.5 Å². The third kappa shape index (κ3) is 4.48. The molecule has 0 spiro atoms. The van der Waals surface area contributed by atoms with Crippen LogP contribution in [0.4, 0.5) is 4.39 Å². The van der Waals surface area contributed by atoms with Crippen molar-refractivity contribution in [1.82, 2.24) is 0 Å². The lowest BCUT2D eigenvalue weighted by atomic mass is 9.80. The molecule has 2 aromatic rings. The van der Waals surface area contributed by atoms with Crippen LogP contribution in [-0.2, 0) is 0 Å². The summed E-state index contributed by atoms with van der Waals surface area (Å²) in [7, 11) is -1.52. The van der Waals surface area contributed by atoms with E-state index < -0.39 is 7.12 Å². The molecule has 0 unspecified atom stereocenters. The van der Waals surface area contributed by atoms with Crippen molar-refractivity contribution in [2.45, 2.75) is 6.92 Å². The Morgan fingerprint density at radius 1 is 1.05 bits per heavy atom. The first-order valence-electron chi connectivity index (χ1n) is 6.54. The number of rotatable bonds is 6. The molecule has 0 aliphatic rings. The third-order valence-corrected chi connectivity index (χ3v) is 2.90. The van der Waals surface area contributed by atoms with Crippen LogP contribution in [0.1, 0.15) is 5.56 Å². The predicted molar refractivity (Wildman–Crippen MR) is 78.4 cm³/mol. The number of halogens is 1. The van der Waals surface area contributed by atoms with Gasteiger partial charge in [-0.15, -0.1) is 0 Å². The van der Waals surface area contributed by atoms with Gasteiger partial charge in [0.2, 0.25) is 0 Å². The molecular formula is C15H16BFO4. The van der Waals surface area contributed by atoms with Crippen LogP contribution in [0, 0.1) is 12.7 Å². The van der Waals surface area contributed by atoms with E-state index in [1.165, 1.54) is 12.1 Å². The van der Waals surface area contributed by atoms with Crippen molar-refractivity contribution in [1.29, 1.82) is 0 Å².